The highest BCUT2D eigenvalue weighted by molar-refractivity contribution is 7.88. The maximum Gasteiger partial charge on any atom is 0.393 e. The van der Waals surface area contributed by atoms with Crippen molar-refractivity contribution in [2.75, 3.05) is 50.8 Å². The summed E-state index contributed by atoms with van der Waals surface area (Å²) in [5.74, 6) is 1.18. The van der Waals surface area contributed by atoms with Crippen LogP contribution in [0.4, 0.5) is 19.0 Å². The summed E-state index contributed by atoms with van der Waals surface area (Å²) in [5, 5.41) is 5.47. The van der Waals surface area contributed by atoms with Crippen molar-refractivity contribution in [3.05, 3.63) is 51.8 Å². The Bertz CT molecular complexity index is 1860. The van der Waals surface area contributed by atoms with E-state index < -0.39 is 22.6 Å². The standard InChI is InChI=1S/C33H44F3N7O2S2/c1-21-16-28-23(3)25(6-7-30(28)43(21)19-22(2)41-12-14-42(15-13-41)47(5,44)45)20-40-10-8-26(9-11-40)39-31-29-17-27(18-33(34,35)36)46-32(29)38-24(4)37-31/h6-7,16-17,22,26H,8-15,18-20H2,1-5H3,(H,37,38,39)/t22-/m1/s1. The number of thiophene rings is 1. The molecule has 0 unspecified atom stereocenters. The molecule has 1 N–H and O–H groups in total. The van der Waals surface area contributed by atoms with E-state index in [0.29, 0.717) is 34.9 Å². The Morgan fingerprint density at radius 3 is 2.36 bits per heavy atom. The third-order valence-corrected chi connectivity index (χ3v) is 12.1. The molecular weight excluding hydrogens is 648 g/mol. The van der Waals surface area contributed by atoms with Crippen molar-refractivity contribution >= 4 is 48.3 Å². The third-order valence-electron chi connectivity index (χ3n) is 9.74. The maximum absolute atomic E-state index is 13.0. The van der Waals surface area contributed by atoms with Crippen LogP contribution in [0.5, 0.6) is 0 Å². The number of hydrogen-bond donors (Lipinski definition) is 1. The number of piperazine rings is 1. The lowest BCUT2D eigenvalue weighted by molar-refractivity contribution is -0.126. The monoisotopic (exact) mass is 691 g/mol. The van der Waals surface area contributed by atoms with Crippen molar-refractivity contribution in [1.29, 1.82) is 0 Å². The van der Waals surface area contributed by atoms with Gasteiger partial charge < -0.3 is 9.88 Å². The average molecular weight is 692 g/mol. The quantitative estimate of drug-likeness (QED) is 0.241. The molecule has 9 nitrogen and oxygen atoms in total. The van der Waals surface area contributed by atoms with E-state index in [1.54, 1.807) is 17.3 Å². The molecule has 1 aromatic carbocycles. The van der Waals surface area contributed by atoms with E-state index in [1.807, 2.05) is 0 Å². The lowest BCUT2D eigenvalue weighted by Gasteiger charge is -2.37. The van der Waals surface area contributed by atoms with Crippen LogP contribution in [0.15, 0.2) is 24.3 Å². The van der Waals surface area contributed by atoms with Gasteiger partial charge in [-0.15, -0.1) is 11.3 Å². The van der Waals surface area contributed by atoms with Gasteiger partial charge in [0.1, 0.15) is 16.5 Å². The van der Waals surface area contributed by atoms with Gasteiger partial charge in [-0.25, -0.2) is 18.4 Å². The van der Waals surface area contributed by atoms with Gasteiger partial charge in [-0.2, -0.15) is 17.5 Å². The zero-order chi connectivity index (χ0) is 33.7. The first-order chi connectivity index (χ1) is 22.1. The second-order valence-electron chi connectivity index (χ2n) is 13.3. The number of rotatable bonds is 9. The van der Waals surface area contributed by atoms with E-state index in [0.717, 1.165) is 63.4 Å². The number of nitrogens with zero attached hydrogens (tertiary/aromatic N) is 6. The Hall–Kier alpha value is -2.78. The van der Waals surface area contributed by atoms with Crippen molar-refractivity contribution < 1.29 is 21.6 Å². The predicted octanol–water partition coefficient (Wildman–Crippen LogP) is 5.72. The number of fused-ring (bicyclic) bond motifs is 2. The molecule has 47 heavy (non-hydrogen) atoms. The van der Waals surface area contributed by atoms with Crippen LogP contribution < -0.4 is 5.32 Å². The number of sulfonamides is 1. The molecule has 0 radical (unpaired) electrons. The van der Waals surface area contributed by atoms with Gasteiger partial charge in [0, 0.05) is 85.9 Å². The predicted molar refractivity (Wildman–Crippen MR) is 183 cm³/mol. The SMILES string of the molecule is Cc1nc(NC2CCN(Cc3ccc4c(cc(C)n4C[C@@H](C)N4CCN(S(C)(=O)=O)CC4)c3C)CC2)c2cc(CC(F)(F)F)sc2n1. The van der Waals surface area contributed by atoms with E-state index in [9.17, 15) is 21.6 Å². The fourth-order valence-electron chi connectivity index (χ4n) is 7.07. The van der Waals surface area contributed by atoms with Gasteiger partial charge in [0.05, 0.1) is 18.1 Å². The summed E-state index contributed by atoms with van der Waals surface area (Å²) in [6, 6.07) is 8.83. The van der Waals surface area contributed by atoms with E-state index in [4.69, 9.17) is 0 Å². The van der Waals surface area contributed by atoms with Gasteiger partial charge >= 0.3 is 6.18 Å². The second-order valence-corrected chi connectivity index (χ2v) is 16.4. The minimum absolute atomic E-state index is 0.186. The number of halogens is 3. The number of likely N-dealkylation sites (tertiary alicyclic amines) is 1. The van der Waals surface area contributed by atoms with E-state index in [2.05, 4.69) is 68.6 Å². The van der Waals surface area contributed by atoms with Crippen LogP contribution in [0.25, 0.3) is 21.1 Å². The molecule has 0 saturated carbocycles. The zero-order valence-electron chi connectivity index (χ0n) is 27.7. The molecule has 2 aliphatic rings. The summed E-state index contributed by atoms with van der Waals surface area (Å²) in [4.78, 5) is 14.6. The molecule has 5 heterocycles. The molecule has 2 fully saturated rings. The fraction of sp³-hybridized carbons (Fsp3) is 0.576. The Balaban J connectivity index is 1.07. The maximum atomic E-state index is 13.0. The smallest absolute Gasteiger partial charge is 0.367 e. The van der Waals surface area contributed by atoms with Crippen LogP contribution >= 0.6 is 11.3 Å². The van der Waals surface area contributed by atoms with Gasteiger partial charge in [-0.1, -0.05) is 6.07 Å². The normalized spacial score (nSPS) is 18.8. The highest BCUT2D eigenvalue weighted by Crippen LogP contribution is 2.34. The van der Waals surface area contributed by atoms with Crippen LogP contribution in [0.2, 0.25) is 0 Å². The molecule has 2 saturated heterocycles. The first kappa shape index (κ1) is 34.1. The lowest BCUT2D eigenvalue weighted by Crippen LogP contribution is -2.51. The van der Waals surface area contributed by atoms with Crippen molar-refractivity contribution in [3.8, 4) is 0 Å². The lowest BCUT2D eigenvalue weighted by atomic mass is 10.0. The number of anilines is 1. The first-order valence-corrected chi connectivity index (χ1v) is 18.9. The number of piperidine rings is 1. The number of benzene rings is 1. The van der Waals surface area contributed by atoms with Gasteiger partial charge in [0.15, 0.2) is 0 Å². The van der Waals surface area contributed by atoms with Crippen LogP contribution in [0, 0.1) is 20.8 Å². The molecule has 3 aromatic heterocycles. The minimum Gasteiger partial charge on any atom is -0.367 e. The highest BCUT2D eigenvalue weighted by atomic mass is 32.2. The van der Waals surface area contributed by atoms with Crippen molar-refractivity contribution in [2.45, 2.75) is 78.3 Å². The van der Waals surface area contributed by atoms with Crippen LogP contribution in [0.3, 0.4) is 0 Å². The summed E-state index contributed by atoms with van der Waals surface area (Å²) in [6.07, 6.45) is -2.10. The van der Waals surface area contributed by atoms with E-state index >= 15 is 0 Å². The largest absolute Gasteiger partial charge is 0.393 e. The van der Waals surface area contributed by atoms with Gasteiger partial charge in [-0.05, 0) is 69.9 Å². The molecular formula is C33H44F3N7O2S2. The van der Waals surface area contributed by atoms with Crippen LogP contribution in [0.1, 0.15) is 47.3 Å². The molecule has 2 aliphatic heterocycles. The molecule has 14 heteroatoms. The summed E-state index contributed by atoms with van der Waals surface area (Å²) in [5.41, 5.74) is 5.06. The zero-order valence-corrected chi connectivity index (χ0v) is 29.3. The summed E-state index contributed by atoms with van der Waals surface area (Å²) in [7, 11) is -3.15. The molecule has 0 amide bonds. The molecule has 256 valence electrons. The third kappa shape index (κ3) is 7.77. The summed E-state index contributed by atoms with van der Waals surface area (Å²) >= 11 is 1.09. The van der Waals surface area contributed by atoms with Gasteiger partial charge in [-0.3, -0.25) is 9.80 Å². The van der Waals surface area contributed by atoms with E-state index in [1.165, 1.54) is 34.0 Å². The van der Waals surface area contributed by atoms with Gasteiger partial charge in [0.2, 0.25) is 10.0 Å². The topological polar surface area (TPSA) is 86.6 Å². The van der Waals surface area contributed by atoms with Crippen molar-refractivity contribution in [3.63, 3.8) is 0 Å². The second kappa shape index (κ2) is 13.3. The molecule has 1 atom stereocenters. The van der Waals surface area contributed by atoms with E-state index in [-0.39, 0.29) is 17.0 Å². The number of hydrogen-bond acceptors (Lipinski definition) is 8. The Labute approximate surface area is 278 Å². The molecule has 0 bridgehead atoms. The summed E-state index contributed by atoms with van der Waals surface area (Å²) < 4.78 is 66.9. The molecule has 4 aromatic rings. The average Bonchev–Trinajstić information content (AvgIpc) is 3.54. The number of aryl methyl sites for hydroxylation is 3. The van der Waals surface area contributed by atoms with Crippen molar-refractivity contribution in [1.82, 2.24) is 28.6 Å². The Morgan fingerprint density at radius 2 is 1.70 bits per heavy atom. The number of aromatic nitrogens is 3. The number of nitrogens with one attached hydrogen (secondary N) is 1. The van der Waals surface area contributed by atoms with Crippen molar-refractivity contribution in [2.24, 2.45) is 0 Å². The number of alkyl halides is 3. The van der Waals surface area contributed by atoms with Crippen LogP contribution in [-0.2, 0) is 29.5 Å². The van der Waals surface area contributed by atoms with Crippen LogP contribution in [-0.4, -0.2) is 101 Å². The summed E-state index contributed by atoms with van der Waals surface area (Å²) in [6.45, 7) is 14.4. The Morgan fingerprint density at radius 1 is 1.00 bits per heavy atom. The minimum atomic E-state index is -4.26. The first-order valence-electron chi connectivity index (χ1n) is 16.2. The molecule has 0 aliphatic carbocycles. The molecule has 6 rings (SSSR count). The Kier molecular flexibility index (Phi) is 9.62. The fourth-order valence-corrected chi connectivity index (χ4v) is 9.00. The van der Waals surface area contributed by atoms with Gasteiger partial charge in [0.25, 0.3) is 0 Å². The molecule has 0 spiro atoms. The highest BCUT2D eigenvalue weighted by Gasteiger charge is 2.30.